The molecule has 110 valence electrons. The molecule has 8 nitrogen and oxygen atoms in total. The Kier molecular flexibility index (Phi) is 4.33. The van der Waals surface area contributed by atoms with E-state index in [1.165, 1.54) is 7.11 Å². The summed E-state index contributed by atoms with van der Waals surface area (Å²) in [5.74, 6) is 1.15. The van der Waals surface area contributed by atoms with Crippen molar-refractivity contribution in [2.24, 2.45) is 5.92 Å². The molecule has 1 unspecified atom stereocenters. The van der Waals surface area contributed by atoms with Gasteiger partial charge in [0.15, 0.2) is 0 Å². The van der Waals surface area contributed by atoms with Gasteiger partial charge in [0.1, 0.15) is 5.82 Å². The van der Waals surface area contributed by atoms with Gasteiger partial charge in [-0.2, -0.15) is 15.0 Å². The van der Waals surface area contributed by atoms with Crippen molar-refractivity contribution in [3.05, 3.63) is 5.82 Å². The largest absolute Gasteiger partial charge is 0.469 e. The van der Waals surface area contributed by atoms with E-state index in [4.69, 9.17) is 10.5 Å². The smallest absolute Gasteiger partial charge is 0.310 e. The van der Waals surface area contributed by atoms with Crippen molar-refractivity contribution in [2.75, 3.05) is 44.9 Å². The summed E-state index contributed by atoms with van der Waals surface area (Å²) < 4.78 is 4.77. The minimum atomic E-state index is -0.156. The van der Waals surface area contributed by atoms with Crippen molar-refractivity contribution in [3.8, 4) is 0 Å². The fraction of sp³-hybridized carbons (Fsp3) is 0.667. The van der Waals surface area contributed by atoms with Crippen molar-refractivity contribution < 1.29 is 9.53 Å². The highest BCUT2D eigenvalue weighted by Crippen LogP contribution is 2.19. The number of rotatable bonds is 4. The molecule has 1 atom stereocenters. The number of nitrogen functional groups attached to an aromatic ring is 1. The van der Waals surface area contributed by atoms with Crippen LogP contribution in [0.15, 0.2) is 0 Å². The number of methoxy groups -OCH3 is 1. The quantitative estimate of drug-likeness (QED) is 0.738. The molecular formula is C12H20N6O2. The number of hydrogen-bond donors (Lipinski definition) is 1. The first-order valence-electron chi connectivity index (χ1n) is 6.47. The van der Waals surface area contributed by atoms with Gasteiger partial charge in [0.2, 0.25) is 11.9 Å². The topological polar surface area (TPSA) is 97.5 Å². The third-order valence-electron chi connectivity index (χ3n) is 3.26. The first-order chi connectivity index (χ1) is 9.49. The van der Waals surface area contributed by atoms with Crippen LogP contribution < -0.4 is 10.6 Å². The van der Waals surface area contributed by atoms with Gasteiger partial charge in [0.05, 0.1) is 19.6 Å². The lowest BCUT2D eigenvalue weighted by atomic mass is 10.1. The number of carbonyl (C=O) groups is 1. The molecule has 0 spiro atoms. The normalized spacial score (nSPS) is 19.1. The summed E-state index contributed by atoms with van der Waals surface area (Å²) in [6.07, 6.45) is 0.799. The van der Waals surface area contributed by atoms with Gasteiger partial charge in [0, 0.05) is 20.6 Å². The highest BCUT2D eigenvalue weighted by atomic mass is 16.5. The van der Waals surface area contributed by atoms with Crippen LogP contribution in [0.1, 0.15) is 12.2 Å². The second-order valence-electron chi connectivity index (χ2n) is 5.05. The molecule has 0 radical (unpaired) electrons. The minimum Gasteiger partial charge on any atom is -0.469 e. The second-order valence-corrected chi connectivity index (χ2v) is 5.05. The van der Waals surface area contributed by atoms with Gasteiger partial charge in [0.25, 0.3) is 0 Å². The summed E-state index contributed by atoms with van der Waals surface area (Å²) in [5.41, 5.74) is 5.69. The Morgan fingerprint density at radius 3 is 2.85 bits per heavy atom. The van der Waals surface area contributed by atoms with E-state index >= 15 is 0 Å². The van der Waals surface area contributed by atoms with Crippen molar-refractivity contribution in [1.82, 2.24) is 19.9 Å². The maximum Gasteiger partial charge on any atom is 0.310 e. The first-order valence-corrected chi connectivity index (χ1v) is 6.47. The summed E-state index contributed by atoms with van der Waals surface area (Å²) in [6, 6.07) is 0. The number of carbonyl (C=O) groups excluding carboxylic acids is 1. The van der Waals surface area contributed by atoms with E-state index in [-0.39, 0.29) is 17.8 Å². The molecule has 2 rings (SSSR count). The Bertz CT molecular complexity index is 493. The fourth-order valence-electron chi connectivity index (χ4n) is 2.23. The molecule has 8 heteroatoms. The van der Waals surface area contributed by atoms with Crippen LogP contribution in [-0.2, 0) is 16.1 Å². The molecule has 0 saturated carbocycles. The molecule has 1 aliphatic heterocycles. The Morgan fingerprint density at radius 1 is 1.45 bits per heavy atom. The van der Waals surface area contributed by atoms with Crippen LogP contribution in [0.2, 0.25) is 0 Å². The van der Waals surface area contributed by atoms with E-state index in [1.807, 2.05) is 14.1 Å². The van der Waals surface area contributed by atoms with Crippen molar-refractivity contribution >= 4 is 17.9 Å². The van der Waals surface area contributed by atoms with Gasteiger partial charge in [-0.25, -0.2) is 0 Å². The average molecular weight is 280 g/mol. The van der Waals surface area contributed by atoms with Crippen LogP contribution >= 0.6 is 0 Å². The molecule has 1 aliphatic rings. The number of likely N-dealkylation sites (tertiary alicyclic amines) is 1. The third kappa shape index (κ3) is 3.32. The molecule has 0 aliphatic carbocycles. The molecule has 20 heavy (non-hydrogen) atoms. The van der Waals surface area contributed by atoms with E-state index in [9.17, 15) is 4.79 Å². The highest BCUT2D eigenvalue weighted by Gasteiger charge is 2.29. The number of esters is 1. The van der Waals surface area contributed by atoms with Crippen molar-refractivity contribution in [2.45, 2.75) is 13.0 Å². The van der Waals surface area contributed by atoms with E-state index in [1.54, 1.807) is 4.90 Å². The molecule has 2 heterocycles. The summed E-state index contributed by atoms with van der Waals surface area (Å²) >= 11 is 0. The molecule has 1 aromatic heterocycles. The lowest BCUT2D eigenvalue weighted by Crippen LogP contribution is -2.25. The van der Waals surface area contributed by atoms with Gasteiger partial charge >= 0.3 is 5.97 Å². The molecular weight excluding hydrogens is 260 g/mol. The fourth-order valence-corrected chi connectivity index (χ4v) is 2.23. The Hall–Kier alpha value is -1.96. The molecule has 1 aromatic rings. The molecule has 0 amide bonds. The number of anilines is 2. The number of ether oxygens (including phenoxy) is 1. The van der Waals surface area contributed by atoms with E-state index in [0.29, 0.717) is 24.9 Å². The number of nitrogens with zero attached hydrogens (tertiary/aromatic N) is 5. The summed E-state index contributed by atoms with van der Waals surface area (Å²) in [6.45, 7) is 2.04. The van der Waals surface area contributed by atoms with Crippen LogP contribution in [0.5, 0.6) is 0 Å². The van der Waals surface area contributed by atoms with Gasteiger partial charge in [-0.1, -0.05) is 0 Å². The number of aromatic nitrogens is 3. The minimum absolute atomic E-state index is 0.0625. The Morgan fingerprint density at radius 2 is 2.20 bits per heavy atom. The average Bonchev–Trinajstić information content (AvgIpc) is 2.85. The first kappa shape index (κ1) is 14.4. The molecule has 0 bridgehead atoms. The van der Waals surface area contributed by atoms with Crippen LogP contribution in [-0.4, -0.2) is 60.1 Å². The van der Waals surface area contributed by atoms with E-state index in [2.05, 4.69) is 19.9 Å². The molecule has 2 N–H and O–H groups in total. The molecule has 0 aromatic carbocycles. The maximum atomic E-state index is 11.5. The third-order valence-corrected chi connectivity index (χ3v) is 3.26. The summed E-state index contributed by atoms with van der Waals surface area (Å²) in [4.78, 5) is 27.9. The van der Waals surface area contributed by atoms with Crippen LogP contribution in [0.3, 0.4) is 0 Å². The summed E-state index contributed by atoms with van der Waals surface area (Å²) in [7, 11) is 5.12. The zero-order valence-electron chi connectivity index (χ0n) is 12.0. The standard InChI is InChI=1S/C12H20N6O2/c1-17(2)12-15-9(14-11(13)16-12)7-18-5-4-8(6-18)10(19)20-3/h8H,4-7H2,1-3H3,(H2,13,14,15,16). The summed E-state index contributed by atoms with van der Waals surface area (Å²) in [5, 5.41) is 0. The van der Waals surface area contributed by atoms with Gasteiger partial charge in [-0.3, -0.25) is 9.69 Å². The van der Waals surface area contributed by atoms with Crippen molar-refractivity contribution in [1.29, 1.82) is 0 Å². The lowest BCUT2D eigenvalue weighted by molar-refractivity contribution is -0.144. The zero-order valence-corrected chi connectivity index (χ0v) is 12.0. The zero-order chi connectivity index (χ0) is 14.7. The number of nitrogens with two attached hydrogens (primary N) is 1. The lowest BCUT2D eigenvalue weighted by Gasteiger charge is -2.16. The Labute approximate surface area is 118 Å². The van der Waals surface area contributed by atoms with Crippen molar-refractivity contribution in [3.63, 3.8) is 0 Å². The number of hydrogen-bond acceptors (Lipinski definition) is 8. The van der Waals surface area contributed by atoms with Gasteiger partial charge in [-0.05, 0) is 13.0 Å². The van der Waals surface area contributed by atoms with Crippen LogP contribution in [0.4, 0.5) is 11.9 Å². The predicted octanol–water partition coefficient (Wildman–Crippen LogP) is -0.485. The monoisotopic (exact) mass is 280 g/mol. The SMILES string of the molecule is COC(=O)C1CCN(Cc2nc(N)nc(N(C)C)n2)C1. The molecule has 1 fully saturated rings. The predicted molar refractivity (Wildman–Crippen MR) is 74.0 cm³/mol. The Balaban J connectivity index is 2.02. The maximum absolute atomic E-state index is 11.5. The van der Waals surface area contributed by atoms with E-state index in [0.717, 1.165) is 13.0 Å². The van der Waals surface area contributed by atoms with Crippen LogP contribution in [0, 0.1) is 5.92 Å². The van der Waals surface area contributed by atoms with Gasteiger partial charge in [-0.15, -0.1) is 0 Å². The highest BCUT2D eigenvalue weighted by molar-refractivity contribution is 5.72. The second kappa shape index (κ2) is 6.00. The molecule has 1 saturated heterocycles. The van der Waals surface area contributed by atoms with E-state index < -0.39 is 0 Å². The van der Waals surface area contributed by atoms with Crippen LogP contribution in [0.25, 0.3) is 0 Å². The van der Waals surface area contributed by atoms with Gasteiger partial charge < -0.3 is 15.4 Å².